The van der Waals surface area contributed by atoms with Crippen molar-refractivity contribution in [1.82, 2.24) is 5.32 Å². The number of amides is 1. The minimum atomic E-state index is -0.000365. The highest BCUT2D eigenvalue weighted by atomic mass is 16.2. The maximum absolute atomic E-state index is 11.9. The topological polar surface area (TPSA) is 29.1 Å². The van der Waals surface area contributed by atoms with E-state index in [0.29, 0.717) is 0 Å². The lowest BCUT2D eigenvalue weighted by Gasteiger charge is -2.12. The summed E-state index contributed by atoms with van der Waals surface area (Å²) < 4.78 is 0. The third-order valence-electron chi connectivity index (χ3n) is 3.51. The molecule has 1 atom stereocenters. The van der Waals surface area contributed by atoms with E-state index in [4.69, 9.17) is 0 Å². The number of nitrogens with one attached hydrogen (secondary N) is 1. The lowest BCUT2D eigenvalue weighted by atomic mass is 9.97. The second-order valence-electron chi connectivity index (χ2n) is 4.59. The van der Waals surface area contributed by atoms with Crippen LogP contribution in [0.2, 0.25) is 0 Å². The first kappa shape index (κ1) is 11.0. The number of benzene rings is 2. The van der Waals surface area contributed by atoms with Crippen LogP contribution in [0.4, 0.5) is 0 Å². The maximum Gasteiger partial charge on any atom is 0.252 e. The summed E-state index contributed by atoms with van der Waals surface area (Å²) in [5, 5.41) is 3.03. The van der Waals surface area contributed by atoms with Crippen molar-refractivity contribution < 1.29 is 4.79 Å². The summed E-state index contributed by atoms with van der Waals surface area (Å²) in [5.41, 5.74) is 4.33. The average Bonchev–Trinajstić information content (AvgIpc) is 2.77. The van der Waals surface area contributed by atoms with Crippen LogP contribution in [0.25, 0.3) is 0 Å². The Hall–Kier alpha value is -2.09. The average molecular weight is 237 g/mol. The zero-order valence-electron chi connectivity index (χ0n) is 10.3. The van der Waals surface area contributed by atoms with Gasteiger partial charge in [0.1, 0.15) is 0 Å². The Morgan fingerprint density at radius 1 is 1.06 bits per heavy atom. The highest BCUT2D eigenvalue weighted by molar-refractivity contribution is 5.99. The van der Waals surface area contributed by atoms with Crippen molar-refractivity contribution in [3.8, 4) is 0 Å². The Bertz CT molecular complexity index is 586. The molecule has 0 aromatic heterocycles. The van der Waals surface area contributed by atoms with Crippen molar-refractivity contribution in [2.75, 3.05) is 0 Å². The molecule has 1 aliphatic rings. The third kappa shape index (κ3) is 1.70. The number of fused-ring (bicyclic) bond motifs is 1. The second kappa shape index (κ2) is 4.30. The molecule has 1 unspecified atom stereocenters. The fourth-order valence-corrected chi connectivity index (χ4v) is 2.45. The summed E-state index contributed by atoms with van der Waals surface area (Å²) in [7, 11) is 0. The van der Waals surface area contributed by atoms with E-state index in [1.165, 1.54) is 5.56 Å². The highest BCUT2D eigenvalue weighted by Crippen LogP contribution is 2.30. The molecule has 0 saturated heterocycles. The summed E-state index contributed by atoms with van der Waals surface area (Å²) in [4.78, 5) is 11.9. The van der Waals surface area contributed by atoms with Gasteiger partial charge in [-0.05, 0) is 29.2 Å². The predicted molar refractivity (Wildman–Crippen MR) is 71.6 cm³/mol. The van der Waals surface area contributed by atoms with Gasteiger partial charge in [0, 0.05) is 5.56 Å². The van der Waals surface area contributed by atoms with Gasteiger partial charge in [-0.1, -0.05) is 49.4 Å². The van der Waals surface area contributed by atoms with Crippen LogP contribution in [-0.4, -0.2) is 5.91 Å². The van der Waals surface area contributed by atoms with Gasteiger partial charge in [0.05, 0.1) is 6.04 Å². The van der Waals surface area contributed by atoms with Crippen LogP contribution in [0.5, 0.6) is 0 Å². The first-order valence-corrected chi connectivity index (χ1v) is 6.28. The molecule has 0 aliphatic carbocycles. The van der Waals surface area contributed by atoms with E-state index in [0.717, 1.165) is 23.1 Å². The van der Waals surface area contributed by atoms with Crippen LogP contribution in [0.3, 0.4) is 0 Å². The van der Waals surface area contributed by atoms with Crippen molar-refractivity contribution in [3.63, 3.8) is 0 Å². The largest absolute Gasteiger partial charge is 0.341 e. The predicted octanol–water partition coefficient (Wildman–Crippen LogP) is 3.08. The summed E-state index contributed by atoms with van der Waals surface area (Å²) in [6.07, 6.45) is 1.04. The van der Waals surface area contributed by atoms with Gasteiger partial charge < -0.3 is 5.32 Å². The van der Waals surface area contributed by atoms with Crippen molar-refractivity contribution >= 4 is 5.91 Å². The molecule has 1 N–H and O–H groups in total. The molecule has 2 nitrogen and oxygen atoms in total. The van der Waals surface area contributed by atoms with Crippen LogP contribution in [-0.2, 0) is 6.42 Å². The zero-order valence-corrected chi connectivity index (χ0v) is 10.3. The third-order valence-corrected chi connectivity index (χ3v) is 3.51. The fraction of sp³-hybridized carbons (Fsp3) is 0.188. The summed E-state index contributed by atoms with van der Waals surface area (Å²) in [6.45, 7) is 2.14. The Morgan fingerprint density at radius 3 is 2.50 bits per heavy atom. The molecule has 1 aliphatic heterocycles. The van der Waals surface area contributed by atoms with Gasteiger partial charge in [-0.2, -0.15) is 0 Å². The lowest BCUT2D eigenvalue weighted by Crippen LogP contribution is -2.19. The van der Waals surface area contributed by atoms with Crippen LogP contribution in [0.15, 0.2) is 48.5 Å². The molecule has 18 heavy (non-hydrogen) atoms. The van der Waals surface area contributed by atoms with E-state index in [9.17, 15) is 4.79 Å². The lowest BCUT2D eigenvalue weighted by molar-refractivity contribution is 0.0960. The Kier molecular flexibility index (Phi) is 2.63. The van der Waals surface area contributed by atoms with E-state index in [2.05, 4.69) is 36.5 Å². The van der Waals surface area contributed by atoms with Crippen LogP contribution < -0.4 is 5.32 Å². The summed E-state index contributed by atoms with van der Waals surface area (Å²) >= 11 is 0. The number of carbonyl (C=O) groups excluding carboxylic acids is 1. The van der Waals surface area contributed by atoms with Gasteiger partial charge in [0.25, 0.3) is 5.91 Å². The monoisotopic (exact) mass is 237 g/mol. The van der Waals surface area contributed by atoms with E-state index in [1.54, 1.807) is 0 Å². The second-order valence-corrected chi connectivity index (χ2v) is 4.59. The zero-order chi connectivity index (χ0) is 12.5. The van der Waals surface area contributed by atoms with Gasteiger partial charge in [-0.3, -0.25) is 4.79 Å². The van der Waals surface area contributed by atoms with Crippen LogP contribution in [0, 0.1) is 0 Å². The number of carbonyl (C=O) groups is 1. The SMILES string of the molecule is CCc1ccc(C2NC(=O)c3ccccc32)cc1. The van der Waals surface area contributed by atoms with Crippen molar-refractivity contribution in [2.45, 2.75) is 19.4 Å². The molecular formula is C16H15NO. The standard InChI is InChI=1S/C16H15NO/c1-2-11-7-9-12(10-8-11)15-13-5-3-4-6-14(13)16(18)17-15/h3-10,15H,2H2,1H3,(H,17,18). The van der Waals surface area contributed by atoms with E-state index >= 15 is 0 Å². The summed E-state index contributed by atoms with van der Waals surface area (Å²) in [6, 6.07) is 16.2. The highest BCUT2D eigenvalue weighted by Gasteiger charge is 2.28. The molecule has 0 radical (unpaired) electrons. The first-order chi connectivity index (χ1) is 8.79. The Morgan fingerprint density at radius 2 is 1.78 bits per heavy atom. The Labute approximate surface area is 107 Å². The molecule has 2 heteroatoms. The molecule has 1 heterocycles. The number of hydrogen-bond acceptors (Lipinski definition) is 1. The van der Waals surface area contributed by atoms with Crippen molar-refractivity contribution in [3.05, 3.63) is 70.8 Å². The van der Waals surface area contributed by atoms with E-state index in [1.807, 2.05) is 24.3 Å². The Balaban J connectivity index is 2.01. The molecule has 90 valence electrons. The fourth-order valence-electron chi connectivity index (χ4n) is 2.45. The molecule has 0 saturated carbocycles. The van der Waals surface area contributed by atoms with Gasteiger partial charge >= 0.3 is 0 Å². The number of hydrogen-bond donors (Lipinski definition) is 1. The normalized spacial score (nSPS) is 17.4. The van der Waals surface area contributed by atoms with Crippen LogP contribution >= 0.6 is 0 Å². The van der Waals surface area contributed by atoms with Crippen molar-refractivity contribution in [1.29, 1.82) is 0 Å². The molecule has 2 aromatic rings. The van der Waals surface area contributed by atoms with E-state index < -0.39 is 0 Å². The van der Waals surface area contributed by atoms with Gasteiger partial charge in [0.15, 0.2) is 0 Å². The number of rotatable bonds is 2. The van der Waals surface area contributed by atoms with Gasteiger partial charge in [-0.25, -0.2) is 0 Å². The minimum absolute atomic E-state index is 0.000365. The molecule has 1 amide bonds. The first-order valence-electron chi connectivity index (χ1n) is 6.28. The van der Waals surface area contributed by atoms with Gasteiger partial charge in [0.2, 0.25) is 0 Å². The van der Waals surface area contributed by atoms with Crippen molar-refractivity contribution in [2.24, 2.45) is 0 Å². The molecule has 0 bridgehead atoms. The number of aryl methyl sites for hydroxylation is 1. The molecule has 3 rings (SSSR count). The molecule has 0 fully saturated rings. The maximum atomic E-state index is 11.9. The van der Waals surface area contributed by atoms with Gasteiger partial charge in [-0.15, -0.1) is 0 Å². The summed E-state index contributed by atoms with van der Waals surface area (Å²) in [5.74, 6) is 0.0233. The molecular weight excluding hydrogens is 222 g/mol. The minimum Gasteiger partial charge on any atom is -0.341 e. The molecule has 2 aromatic carbocycles. The van der Waals surface area contributed by atoms with Crippen LogP contribution in [0.1, 0.15) is 40.0 Å². The quantitative estimate of drug-likeness (QED) is 0.854. The van der Waals surface area contributed by atoms with E-state index in [-0.39, 0.29) is 11.9 Å². The molecule has 0 spiro atoms. The smallest absolute Gasteiger partial charge is 0.252 e.